The van der Waals surface area contributed by atoms with Crippen molar-refractivity contribution in [2.24, 2.45) is 34.0 Å². The molecule has 3 saturated carbocycles. The zero-order valence-electron chi connectivity index (χ0n) is 16.7. The largest absolute Gasteiger partial charge is 0.469 e. The smallest absolute Gasteiger partial charge is 0.306 e. The van der Waals surface area contributed by atoms with E-state index in [0.29, 0.717) is 23.7 Å². The molecule has 6 atom stereocenters. The molecule has 3 heteroatoms. The van der Waals surface area contributed by atoms with Gasteiger partial charge in [0.2, 0.25) is 0 Å². The van der Waals surface area contributed by atoms with Crippen LogP contribution in [0, 0.1) is 34.0 Å². The number of esters is 1. The Balaban J connectivity index is 2.00. The monoisotopic (exact) mass is 348 g/mol. The second-order valence-electron chi connectivity index (χ2n) is 10.2. The molecule has 3 nitrogen and oxygen atoms in total. The van der Waals surface area contributed by atoms with E-state index in [1.807, 2.05) is 0 Å². The second-order valence-corrected chi connectivity index (χ2v) is 10.2. The first-order valence-electron chi connectivity index (χ1n) is 10.00. The highest BCUT2D eigenvalue weighted by molar-refractivity contribution is 5.70. The van der Waals surface area contributed by atoms with Gasteiger partial charge in [-0.1, -0.05) is 40.7 Å². The summed E-state index contributed by atoms with van der Waals surface area (Å²) in [5.41, 5.74) is 1.49. The molecule has 3 fully saturated rings. The van der Waals surface area contributed by atoms with Gasteiger partial charge < -0.3 is 9.84 Å². The van der Waals surface area contributed by atoms with Crippen molar-refractivity contribution in [1.29, 1.82) is 0 Å². The first kappa shape index (κ1) is 18.9. The Bertz CT molecular complexity index is 566. The minimum absolute atomic E-state index is 0.0245. The summed E-state index contributed by atoms with van der Waals surface area (Å²) < 4.78 is 4.96. The van der Waals surface area contributed by atoms with Crippen LogP contribution in [0.3, 0.4) is 0 Å². The van der Waals surface area contributed by atoms with Gasteiger partial charge in [0.05, 0.1) is 19.6 Å². The fraction of sp³-hybridized carbons (Fsp3) is 0.864. The molecule has 0 unspecified atom stereocenters. The molecule has 0 spiro atoms. The lowest BCUT2D eigenvalue weighted by atomic mass is 9.39. The predicted molar refractivity (Wildman–Crippen MR) is 99.9 cm³/mol. The van der Waals surface area contributed by atoms with Crippen LogP contribution in [0.25, 0.3) is 0 Å². The van der Waals surface area contributed by atoms with Crippen LogP contribution in [-0.2, 0) is 9.53 Å². The third-order valence-electron chi connectivity index (χ3n) is 8.57. The van der Waals surface area contributed by atoms with Crippen molar-refractivity contribution in [3.8, 4) is 0 Å². The van der Waals surface area contributed by atoms with E-state index in [9.17, 15) is 9.90 Å². The maximum Gasteiger partial charge on any atom is 0.306 e. The maximum absolute atomic E-state index is 12.1. The lowest BCUT2D eigenvalue weighted by molar-refractivity contribution is -0.172. The van der Waals surface area contributed by atoms with Gasteiger partial charge in [0.1, 0.15) is 0 Å². The Labute approximate surface area is 153 Å². The van der Waals surface area contributed by atoms with Crippen molar-refractivity contribution in [2.45, 2.75) is 78.7 Å². The summed E-state index contributed by atoms with van der Waals surface area (Å²) in [6, 6.07) is 0. The van der Waals surface area contributed by atoms with Gasteiger partial charge in [-0.25, -0.2) is 0 Å². The Morgan fingerprint density at radius 1 is 1.16 bits per heavy atom. The molecule has 142 valence electrons. The van der Waals surface area contributed by atoms with Gasteiger partial charge >= 0.3 is 5.97 Å². The Hall–Kier alpha value is -0.830. The summed E-state index contributed by atoms with van der Waals surface area (Å²) in [6.45, 7) is 13.9. The molecule has 0 radical (unpaired) electrons. The highest BCUT2D eigenvalue weighted by Gasteiger charge is 2.62. The van der Waals surface area contributed by atoms with Crippen molar-refractivity contribution < 1.29 is 14.6 Å². The molecule has 3 rings (SSSR count). The summed E-state index contributed by atoms with van der Waals surface area (Å²) in [5.74, 6) is 0.977. The third-order valence-corrected chi connectivity index (χ3v) is 8.57. The van der Waals surface area contributed by atoms with Crippen molar-refractivity contribution in [1.82, 2.24) is 0 Å². The molecule has 0 aromatic carbocycles. The van der Waals surface area contributed by atoms with Gasteiger partial charge in [-0.3, -0.25) is 4.79 Å². The number of hydrogen-bond acceptors (Lipinski definition) is 3. The van der Waals surface area contributed by atoms with E-state index in [1.54, 1.807) is 0 Å². The molecular formula is C22H36O3. The van der Waals surface area contributed by atoms with Crippen molar-refractivity contribution in [3.05, 3.63) is 12.2 Å². The molecule has 0 aromatic rings. The average molecular weight is 349 g/mol. The first-order chi connectivity index (χ1) is 11.6. The molecule has 0 heterocycles. The van der Waals surface area contributed by atoms with Crippen molar-refractivity contribution in [2.75, 3.05) is 7.11 Å². The number of ether oxygens (including phenoxy) is 1. The number of aliphatic hydroxyl groups excluding tert-OH is 1. The molecule has 3 aliphatic carbocycles. The zero-order valence-corrected chi connectivity index (χ0v) is 16.7. The normalized spacial score (nSPS) is 46.1. The van der Waals surface area contributed by atoms with Gasteiger partial charge in [-0.15, -0.1) is 0 Å². The summed E-state index contributed by atoms with van der Waals surface area (Å²) in [4.78, 5) is 12.1. The van der Waals surface area contributed by atoms with E-state index in [4.69, 9.17) is 4.74 Å². The van der Waals surface area contributed by atoms with Gasteiger partial charge in [0.15, 0.2) is 0 Å². The molecule has 0 amide bonds. The lowest BCUT2D eigenvalue weighted by Crippen LogP contribution is -2.60. The van der Waals surface area contributed by atoms with Gasteiger partial charge in [-0.2, -0.15) is 0 Å². The minimum Gasteiger partial charge on any atom is -0.469 e. The lowest BCUT2D eigenvalue weighted by Gasteiger charge is -2.66. The number of methoxy groups -OCH3 is 1. The van der Waals surface area contributed by atoms with E-state index in [1.165, 1.54) is 32.8 Å². The average Bonchev–Trinajstić information content (AvgIpc) is 2.53. The number of hydrogen-bond donors (Lipinski definition) is 1. The summed E-state index contributed by atoms with van der Waals surface area (Å²) in [6.07, 6.45) is 6.81. The molecule has 0 saturated heterocycles. The topological polar surface area (TPSA) is 46.5 Å². The highest BCUT2D eigenvalue weighted by atomic mass is 16.5. The Kier molecular flexibility index (Phi) is 4.63. The quantitative estimate of drug-likeness (QED) is 0.579. The number of fused-ring (bicyclic) bond motifs is 3. The molecule has 1 N–H and O–H groups in total. The molecular weight excluding hydrogens is 312 g/mol. The van der Waals surface area contributed by atoms with Gasteiger partial charge in [0, 0.05) is 0 Å². The SMILES string of the molecule is C=C1[C@@H](CC(=O)OC)[C@]2(C)CC[C@H]3C(C)(C)CCC[C@]3(C)[C@H]2C[C@@H]1O. The van der Waals surface area contributed by atoms with E-state index >= 15 is 0 Å². The predicted octanol–water partition coefficient (Wildman–Crippen LogP) is 4.74. The maximum atomic E-state index is 12.1. The van der Waals surface area contributed by atoms with Crippen LogP contribution in [0.2, 0.25) is 0 Å². The third kappa shape index (κ3) is 2.78. The van der Waals surface area contributed by atoms with Gasteiger partial charge in [0.25, 0.3) is 0 Å². The van der Waals surface area contributed by atoms with Crippen molar-refractivity contribution >= 4 is 5.97 Å². The summed E-state index contributed by atoms with van der Waals surface area (Å²) in [5, 5.41) is 10.8. The van der Waals surface area contributed by atoms with E-state index in [-0.39, 0.29) is 22.7 Å². The van der Waals surface area contributed by atoms with E-state index in [2.05, 4.69) is 34.3 Å². The number of carbonyl (C=O) groups excluding carboxylic acids is 1. The Morgan fingerprint density at radius 2 is 1.84 bits per heavy atom. The molecule has 0 aromatic heterocycles. The zero-order chi connectivity index (χ0) is 18.6. The van der Waals surface area contributed by atoms with Crippen LogP contribution in [-0.4, -0.2) is 24.3 Å². The van der Waals surface area contributed by atoms with Crippen LogP contribution in [0.4, 0.5) is 0 Å². The molecule has 25 heavy (non-hydrogen) atoms. The van der Waals surface area contributed by atoms with Gasteiger partial charge in [-0.05, 0) is 71.7 Å². The fourth-order valence-corrected chi connectivity index (χ4v) is 7.29. The standard InChI is InChI=1S/C22H36O3/c1-14-15(12-19(24)25-6)21(4)11-8-17-20(2,3)9-7-10-22(17,5)18(21)13-16(14)23/h15-18,23H,1,7-13H2,2-6H3/t15-,16+,17+,18+,21+,22+/m1/s1. The van der Waals surface area contributed by atoms with E-state index < -0.39 is 6.10 Å². The van der Waals surface area contributed by atoms with Crippen LogP contribution < -0.4 is 0 Å². The fourth-order valence-electron chi connectivity index (χ4n) is 7.29. The van der Waals surface area contributed by atoms with Crippen molar-refractivity contribution in [3.63, 3.8) is 0 Å². The molecule has 3 aliphatic rings. The Morgan fingerprint density at radius 3 is 2.48 bits per heavy atom. The summed E-state index contributed by atoms with van der Waals surface area (Å²) in [7, 11) is 1.45. The second kappa shape index (κ2) is 6.11. The first-order valence-corrected chi connectivity index (χ1v) is 10.00. The number of aliphatic hydroxyl groups is 1. The van der Waals surface area contributed by atoms with E-state index in [0.717, 1.165) is 18.4 Å². The number of rotatable bonds is 2. The van der Waals surface area contributed by atoms with Crippen LogP contribution in [0.15, 0.2) is 12.2 Å². The molecule has 0 aliphatic heterocycles. The molecule has 0 bridgehead atoms. The minimum atomic E-state index is -0.492. The highest BCUT2D eigenvalue weighted by Crippen LogP contribution is 2.69. The summed E-state index contributed by atoms with van der Waals surface area (Å²) >= 11 is 0. The van der Waals surface area contributed by atoms with Crippen LogP contribution in [0.1, 0.15) is 72.6 Å². The number of carbonyl (C=O) groups is 1. The van der Waals surface area contributed by atoms with Crippen LogP contribution in [0.5, 0.6) is 0 Å². The van der Waals surface area contributed by atoms with Crippen LogP contribution >= 0.6 is 0 Å².